The van der Waals surface area contributed by atoms with Gasteiger partial charge < -0.3 is 27.9 Å². The average Bonchev–Trinajstić information content (AvgIpc) is 2.78. The number of aliphatic hydroxyl groups is 2. The SMILES string of the molecule is BC1OC2CO[Si](C(C)C)(C(C)C)O[Si](C(C)C)(C(C)C)O[C@H]2[C@@]1(O)CCO. The van der Waals surface area contributed by atoms with Gasteiger partial charge in [-0.05, 0) is 22.2 Å². The smallest absolute Gasteiger partial charge is 0.335 e. The van der Waals surface area contributed by atoms with Gasteiger partial charge in [-0.25, -0.2) is 0 Å². The largest absolute Gasteiger partial charge is 0.414 e. The Kier molecular flexibility index (Phi) is 7.69. The molecule has 0 spiro atoms. The minimum Gasteiger partial charge on any atom is -0.414 e. The molecule has 2 fully saturated rings. The van der Waals surface area contributed by atoms with Crippen molar-refractivity contribution in [2.45, 2.75) is 108 Å². The molecule has 0 aromatic heterocycles. The lowest BCUT2D eigenvalue weighted by molar-refractivity contribution is -0.0793. The lowest BCUT2D eigenvalue weighted by atomic mass is 9.78. The third-order valence-corrected chi connectivity index (χ3v) is 17.0. The number of rotatable bonds is 6. The van der Waals surface area contributed by atoms with Crippen molar-refractivity contribution in [2.24, 2.45) is 0 Å². The Hall–Kier alpha value is 0.259. The fourth-order valence-electron chi connectivity index (χ4n) is 4.96. The van der Waals surface area contributed by atoms with Gasteiger partial charge in [-0.15, -0.1) is 0 Å². The summed E-state index contributed by atoms with van der Waals surface area (Å²) in [6.07, 6.45) is -0.700. The van der Waals surface area contributed by atoms with Crippen molar-refractivity contribution in [3.05, 3.63) is 0 Å². The van der Waals surface area contributed by atoms with Crippen molar-refractivity contribution >= 4 is 25.0 Å². The van der Waals surface area contributed by atoms with Crippen LogP contribution in [0.25, 0.3) is 0 Å². The van der Waals surface area contributed by atoms with Crippen molar-refractivity contribution < 1.29 is 27.9 Å². The van der Waals surface area contributed by atoms with E-state index in [1.165, 1.54) is 0 Å². The van der Waals surface area contributed by atoms with Gasteiger partial charge in [-0.1, -0.05) is 55.4 Å². The number of fused-ring (bicyclic) bond motifs is 1. The number of ether oxygens (including phenoxy) is 1. The minimum absolute atomic E-state index is 0.118. The van der Waals surface area contributed by atoms with Gasteiger partial charge in [0.25, 0.3) is 0 Å². The number of hydrogen-bond donors (Lipinski definition) is 2. The van der Waals surface area contributed by atoms with Gasteiger partial charge in [-0.3, -0.25) is 0 Å². The fraction of sp³-hybridized carbons (Fsp3) is 1.00. The highest BCUT2D eigenvalue weighted by Crippen LogP contribution is 2.49. The molecule has 164 valence electrons. The van der Waals surface area contributed by atoms with Crippen molar-refractivity contribution in [2.75, 3.05) is 13.2 Å². The molecule has 4 atom stereocenters. The summed E-state index contributed by atoms with van der Waals surface area (Å²) in [5.41, 5.74) is -0.327. The summed E-state index contributed by atoms with van der Waals surface area (Å²) < 4.78 is 26.8. The maximum Gasteiger partial charge on any atom is 0.335 e. The van der Waals surface area contributed by atoms with E-state index in [9.17, 15) is 10.2 Å². The third kappa shape index (κ3) is 3.93. The molecule has 0 aliphatic carbocycles. The van der Waals surface area contributed by atoms with Crippen LogP contribution in [-0.2, 0) is 17.7 Å². The van der Waals surface area contributed by atoms with Crippen LogP contribution < -0.4 is 0 Å². The summed E-state index contributed by atoms with van der Waals surface area (Å²) in [6, 6.07) is -0.434. The van der Waals surface area contributed by atoms with Crippen LogP contribution in [0.1, 0.15) is 61.8 Å². The van der Waals surface area contributed by atoms with Gasteiger partial charge in [0.15, 0.2) is 0 Å². The summed E-state index contributed by atoms with van der Waals surface area (Å²) in [5.74, 6) is 0. The van der Waals surface area contributed by atoms with Crippen molar-refractivity contribution in [1.29, 1.82) is 0 Å². The normalized spacial score (nSPS) is 35.4. The summed E-state index contributed by atoms with van der Waals surface area (Å²) >= 11 is 0. The highest BCUT2D eigenvalue weighted by atomic mass is 28.5. The van der Waals surface area contributed by atoms with Crippen molar-refractivity contribution in [1.82, 2.24) is 0 Å². The summed E-state index contributed by atoms with van der Waals surface area (Å²) in [7, 11) is -3.55. The molecule has 2 aliphatic rings. The standard InChI is InChI=1S/C19H41BO6Si2/c1-12(2)27(13(3)4)23-11-16-17(19(22,9-10-21)18(20)24-16)25-28(26-27,14(5)6)15(7)8/h12-18,21-22H,9-11,20H2,1-8H3/t16?,17-,18?,19+/m1/s1. The highest BCUT2D eigenvalue weighted by molar-refractivity contribution is 6.84. The molecule has 0 radical (unpaired) electrons. The first kappa shape index (κ1) is 24.5. The van der Waals surface area contributed by atoms with E-state index in [1.54, 1.807) is 0 Å². The maximum atomic E-state index is 11.4. The molecule has 2 rings (SSSR count). The first-order chi connectivity index (χ1) is 12.9. The topological polar surface area (TPSA) is 77.4 Å². The van der Waals surface area contributed by atoms with Crippen molar-refractivity contribution in [3.63, 3.8) is 0 Å². The number of aliphatic hydroxyl groups excluding tert-OH is 1. The number of hydrogen-bond acceptors (Lipinski definition) is 6. The lowest BCUT2D eigenvalue weighted by Crippen LogP contribution is -2.67. The van der Waals surface area contributed by atoms with Crippen LogP contribution in [0, 0.1) is 0 Å². The molecule has 2 heterocycles. The molecule has 0 aromatic rings. The zero-order chi connectivity index (χ0) is 21.5. The summed E-state index contributed by atoms with van der Waals surface area (Å²) in [6.45, 7) is 17.6. The molecule has 6 nitrogen and oxygen atoms in total. The molecular formula is C19H41BO6Si2. The van der Waals surface area contributed by atoms with E-state index >= 15 is 0 Å². The maximum absolute atomic E-state index is 11.4. The zero-order valence-electron chi connectivity index (χ0n) is 19.2. The first-order valence-corrected chi connectivity index (χ1v) is 14.8. The first-order valence-electron chi connectivity index (χ1n) is 10.9. The predicted molar refractivity (Wildman–Crippen MR) is 118 cm³/mol. The van der Waals surface area contributed by atoms with Gasteiger partial charge in [0.1, 0.15) is 25.7 Å². The Morgan fingerprint density at radius 1 is 0.964 bits per heavy atom. The van der Waals surface area contributed by atoms with E-state index in [0.717, 1.165) is 0 Å². The Balaban J connectivity index is 2.59. The van der Waals surface area contributed by atoms with E-state index in [-0.39, 0.29) is 41.3 Å². The van der Waals surface area contributed by atoms with Crippen molar-refractivity contribution in [3.8, 4) is 0 Å². The van der Waals surface area contributed by atoms with Crippen LogP contribution in [0.3, 0.4) is 0 Å². The lowest BCUT2D eigenvalue weighted by Gasteiger charge is -2.52. The van der Waals surface area contributed by atoms with Gasteiger partial charge in [-0.2, -0.15) is 0 Å². The van der Waals surface area contributed by atoms with Gasteiger partial charge >= 0.3 is 17.1 Å². The van der Waals surface area contributed by atoms with E-state index in [1.807, 2.05) is 7.85 Å². The molecule has 0 amide bonds. The molecule has 2 aliphatic heterocycles. The molecule has 2 N–H and O–H groups in total. The Morgan fingerprint density at radius 2 is 1.46 bits per heavy atom. The van der Waals surface area contributed by atoms with E-state index in [4.69, 9.17) is 17.7 Å². The van der Waals surface area contributed by atoms with Crippen LogP contribution in [-0.4, -0.2) is 72.2 Å². The minimum atomic E-state index is -2.80. The average molecular weight is 433 g/mol. The molecule has 28 heavy (non-hydrogen) atoms. The second-order valence-corrected chi connectivity index (χ2v) is 18.6. The molecule has 2 unspecified atom stereocenters. The molecule has 2 saturated heterocycles. The zero-order valence-corrected chi connectivity index (χ0v) is 21.2. The highest BCUT2D eigenvalue weighted by Gasteiger charge is 2.64. The van der Waals surface area contributed by atoms with Crippen LogP contribution in [0.4, 0.5) is 0 Å². The molecule has 0 bridgehead atoms. The Labute approximate surface area is 174 Å². The summed E-state index contributed by atoms with van der Waals surface area (Å²) in [4.78, 5) is 0. The molecule has 9 heteroatoms. The quantitative estimate of drug-likeness (QED) is 0.628. The van der Waals surface area contributed by atoms with Crippen LogP contribution in [0.5, 0.6) is 0 Å². The second kappa shape index (κ2) is 8.78. The third-order valence-electron chi connectivity index (χ3n) is 6.75. The Morgan fingerprint density at radius 3 is 1.89 bits per heavy atom. The van der Waals surface area contributed by atoms with Gasteiger partial charge in [0.05, 0.1) is 12.6 Å². The van der Waals surface area contributed by atoms with E-state index in [2.05, 4.69) is 55.4 Å². The predicted octanol–water partition coefficient (Wildman–Crippen LogP) is 2.41. The van der Waals surface area contributed by atoms with E-state index < -0.39 is 34.8 Å². The molecular weight excluding hydrogens is 391 g/mol. The van der Waals surface area contributed by atoms with Crippen LogP contribution in [0.2, 0.25) is 22.2 Å². The molecule has 0 saturated carbocycles. The monoisotopic (exact) mass is 432 g/mol. The van der Waals surface area contributed by atoms with Gasteiger partial charge in [0.2, 0.25) is 0 Å². The van der Waals surface area contributed by atoms with E-state index in [0.29, 0.717) is 6.61 Å². The van der Waals surface area contributed by atoms with Crippen LogP contribution in [0.15, 0.2) is 0 Å². The Bertz CT molecular complexity index is 517. The fourth-order valence-corrected chi connectivity index (χ4v) is 16.2. The molecule has 0 aromatic carbocycles. The van der Waals surface area contributed by atoms with Gasteiger partial charge in [0, 0.05) is 13.0 Å². The second-order valence-electron chi connectivity index (χ2n) is 9.79. The van der Waals surface area contributed by atoms with Crippen LogP contribution >= 0.6 is 0 Å². The summed E-state index contributed by atoms with van der Waals surface area (Å²) in [5, 5.41) is 21.0.